The summed E-state index contributed by atoms with van der Waals surface area (Å²) in [6.45, 7) is 4.71. The lowest BCUT2D eigenvalue weighted by molar-refractivity contribution is 0.660. The van der Waals surface area contributed by atoms with Crippen LogP contribution < -0.4 is 4.90 Å². The second-order valence-electron chi connectivity index (χ2n) is 11.8. The van der Waals surface area contributed by atoms with E-state index in [4.69, 9.17) is 0 Å². The molecule has 6 aromatic carbocycles. The van der Waals surface area contributed by atoms with Crippen LogP contribution in [0.25, 0.3) is 22.3 Å². The van der Waals surface area contributed by atoms with Crippen LogP contribution in [-0.2, 0) is 18.3 Å². The van der Waals surface area contributed by atoms with Crippen LogP contribution in [0.5, 0.6) is 0 Å². The highest BCUT2D eigenvalue weighted by Gasteiger charge is 2.35. The zero-order valence-electron chi connectivity index (χ0n) is 24.3. The summed E-state index contributed by atoms with van der Waals surface area (Å²) in [6, 6.07) is 55.3. The molecule has 0 unspecified atom stereocenters. The molecule has 42 heavy (non-hydrogen) atoms. The van der Waals surface area contributed by atoms with Crippen molar-refractivity contribution in [2.45, 2.75) is 32.1 Å². The van der Waals surface area contributed by atoms with Crippen molar-refractivity contribution in [2.75, 3.05) is 4.90 Å². The van der Waals surface area contributed by atoms with Crippen LogP contribution in [0.1, 0.15) is 36.1 Å². The molecule has 0 aliphatic heterocycles. The van der Waals surface area contributed by atoms with Crippen molar-refractivity contribution < 1.29 is 0 Å². The molecule has 0 saturated heterocycles. The highest BCUT2D eigenvalue weighted by atomic mass is 15.1. The number of aryl methyl sites for hydroxylation is 2. The Morgan fingerprint density at radius 2 is 1.05 bits per heavy atom. The van der Waals surface area contributed by atoms with Gasteiger partial charge >= 0.3 is 0 Å². The molecule has 6 aromatic rings. The highest BCUT2D eigenvalue weighted by molar-refractivity contribution is 5.90. The molecule has 204 valence electrons. The summed E-state index contributed by atoms with van der Waals surface area (Å²) in [6.07, 6.45) is 2.02. The third-order valence-corrected chi connectivity index (χ3v) is 8.77. The molecule has 0 N–H and O–H groups in total. The summed E-state index contributed by atoms with van der Waals surface area (Å²) in [5.41, 5.74) is 14.1. The summed E-state index contributed by atoms with van der Waals surface area (Å²) < 4.78 is 0. The number of anilines is 3. The van der Waals surface area contributed by atoms with Crippen LogP contribution in [0.15, 0.2) is 152 Å². The van der Waals surface area contributed by atoms with Gasteiger partial charge in [0.15, 0.2) is 0 Å². The minimum absolute atomic E-state index is 0.0654. The molecule has 1 aliphatic carbocycles. The van der Waals surface area contributed by atoms with Gasteiger partial charge < -0.3 is 4.90 Å². The van der Waals surface area contributed by atoms with Crippen LogP contribution in [0.4, 0.5) is 17.1 Å². The Hall–Kier alpha value is -4.88. The van der Waals surface area contributed by atoms with Gasteiger partial charge in [-0.25, -0.2) is 0 Å². The smallest absolute Gasteiger partial charge is 0.0540 e. The van der Waals surface area contributed by atoms with Crippen LogP contribution >= 0.6 is 0 Å². The minimum atomic E-state index is -0.0654. The maximum Gasteiger partial charge on any atom is 0.0540 e. The summed E-state index contributed by atoms with van der Waals surface area (Å²) in [7, 11) is 0. The van der Waals surface area contributed by atoms with Crippen LogP contribution in [0, 0.1) is 0 Å². The SMILES string of the molecule is CC1(C)c2ccccc2-c2ccc(N(c3cccc(CCc4ccccc4)c3)c3ccccc3-c3ccccc3)cc21. The number of benzene rings is 6. The van der Waals surface area contributed by atoms with Crippen molar-refractivity contribution >= 4 is 17.1 Å². The van der Waals surface area contributed by atoms with E-state index >= 15 is 0 Å². The number of nitrogens with zero attached hydrogens (tertiary/aromatic N) is 1. The van der Waals surface area contributed by atoms with Crippen LogP contribution in [0.2, 0.25) is 0 Å². The first-order valence-electron chi connectivity index (χ1n) is 14.9. The Balaban J connectivity index is 1.37. The number of para-hydroxylation sites is 1. The zero-order valence-corrected chi connectivity index (χ0v) is 24.3. The average molecular weight is 542 g/mol. The first kappa shape index (κ1) is 26.0. The molecule has 0 fully saturated rings. The maximum absolute atomic E-state index is 2.45. The third-order valence-electron chi connectivity index (χ3n) is 8.77. The minimum Gasteiger partial charge on any atom is -0.310 e. The lowest BCUT2D eigenvalue weighted by Gasteiger charge is -2.30. The van der Waals surface area contributed by atoms with Gasteiger partial charge in [0.05, 0.1) is 5.69 Å². The molecule has 0 bridgehead atoms. The molecule has 0 radical (unpaired) electrons. The first-order valence-corrected chi connectivity index (χ1v) is 14.9. The quantitative estimate of drug-likeness (QED) is 0.194. The molecule has 0 amide bonds. The average Bonchev–Trinajstić information content (AvgIpc) is 3.27. The monoisotopic (exact) mass is 541 g/mol. The molecular formula is C41H35N. The van der Waals surface area contributed by atoms with Gasteiger partial charge in [0, 0.05) is 22.4 Å². The highest BCUT2D eigenvalue weighted by Crippen LogP contribution is 2.51. The van der Waals surface area contributed by atoms with E-state index in [0.29, 0.717) is 0 Å². The third kappa shape index (κ3) is 4.72. The van der Waals surface area contributed by atoms with E-state index in [-0.39, 0.29) is 5.41 Å². The molecular weight excluding hydrogens is 506 g/mol. The fraction of sp³-hybridized carbons (Fsp3) is 0.122. The number of hydrogen-bond donors (Lipinski definition) is 0. The molecule has 0 aromatic heterocycles. The molecule has 1 nitrogen and oxygen atoms in total. The van der Waals surface area contributed by atoms with E-state index in [1.807, 2.05) is 0 Å². The normalized spacial score (nSPS) is 12.9. The molecule has 0 spiro atoms. The summed E-state index contributed by atoms with van der Waals surface area (Å²) in [4.78, 5) is 2.45. The van der Waals surface area contributed by atoms with E-state index < -0.39 is 0 Å². The van der Waals surface area contributed by atoms with Gasteiger partial charge in [0.25, 0.3) is 0 Å². The molecule has 0 heterocycles. The van der Waals surface area contributed by atoms with Gasteiger partial charge in [-0.1, -0.05) is 135 Å². The summed E-state index contributed by atoms with van der Waals surface area (Å²) in [5.74, 6) is 0. The van der Waals surface area contributed by atoms with E-state index in [1.165, 1.54) is 61.6 Å². The van der Waals surface area contributed by atoms with Crippen LogP contribution in [0.3, 0.4) is 0 Å². The van der Waals surface area contributed by atoms with Crippen molar-refractivity contribution in [1.82, 2.24) is 0 Å². The van der Waals surface area contributed by atoms with E-state index in [1.54, 1.807) is 0 Å². The van der Waals surface area contributed by atoms with Gasteiger partial charge in [-0.15, -0.1) is 0 Å². The first-order chi connectivity index (χ1) is 20.6. The molecule has 0 atom stereocenters. The van der Waals surface area contributed by atoms with E-state index in [2.05, 4.69) is 170 Å². The van der Waals surface area contributed by atoms with Gasteiger partial charge in [0.1, 0.15) is 0 Å². The second-order valence-corrected chi connectivity index (χ2v) is 11.8. The second kappa shape index (κ2) is 10.8. The van der Waals surface area contributed by atoms with Gasteiger partial charge in [-0.2, -0.15) is 0 Å². The lowest BCUT2D eigenvalue weighted by Crippen LogP contribution is -2.17. The van der Waals surface area contributed by atoms with Crippen LogP contribution in [-0.4, -0.2) is 0 Å². The van der Waals surface area contributed by atoms with Crippen molar-refractivity contribution in [3.8, 4) is 22.3 Å². The van der Waals surface area contributed by atoms with Crippen molar-refractivity contribution in [3.05, 3.63) is 174 Å². The Morgan fingerprint density at radius 1 is 0.452 bits per heavy atom. The van der Waals surface area contributed by atoms with Crippen molar-refractivity contribution in [1.29, 1.82) is 0 Å². The fourth-order valence-corrected chi connectivity index (χ4v) is 6.57. The molecule has 1 heteroatoms. The molecule has 1 aliphatic rings. The zero-order chi connectivity index (χ0) is 28.5. The van der Waals surface area contributed by atoms with Gasteiger partial charge in [-0.3, -0.25) is 0 Å². The Bertz CT molecular complexity index is 1850. The Kier molecular flexibility index (Phi) is 6.72. The van der Waals surface area contributed by atoms with Crippen molar-refractivity contribution in [3.63, 3.8) is 0 Å². The lowest BCUT2D eigenvalue weighted by atomic mass is 9.82. The maximum atomic E-state index is 2.45. The fourth-order valence-electron chi connectivity index (χ4n) is 6.57. The van der Waals surface area contributed by atoms with E-state index in [9.17, 15) is 0 Å². The summed E-state index contributed by atoms with van der Waals surface area (Å²) >= 11 is 0. The topological polar surface area (TPSA) is 3.24 Å². The van der Waals surface area contributed by atoms with E-state index in [0.717, 1.165) is 12.8 Å². The number of hydrogen-bond acceptors (Lipinski definition) is 1. The molecule has 7 rings (SSSR count). The van der Waals surface area contributed by atoms with Gasteiger partial charge in [-0.05, 0) is 82.1 Å². The summed E-state index contributed by atoms with van der Waals surface area (Å²) in [5, 5.41) is 0. The predicted molar refractivity (Wildman–Crippen MR) is 178 cm³/mol. The van der Waals surface area contributed by atoms with Gasteiger partial charge in [0.2, 0.25) is 0 Å². The standard InChI is InChI=1S/C41H35N/c1-41(2)38-22-11-9-21-36(38)37-27-26-34(29-39(37)41)42(40-23-12-10-20-35(40)32-17-7-4-8-18-32)33-19-13-16-31(28-33)25-24-30-14-5-3-6-15-30/h3-23,26-29H,24-25H2,1-2H3. The number of rotatable bonds is 7. The Morgan fingerprint density at radius 3 is 1.86 bits per heavy atom. The Labute approximate surface area is 249 Å². The predicted octanol–water partition coefficient (Wildman–Crippen LogP) is 10.9. The number of fused-ring (bicyclic) bond motifs is 3. The van der Waals surface area contributed by atoms with Crippen molar-refractivity contribution in [2.24, 2.45) is 0 Å². The largest absolute Gasteiger partial charge is 0.310 e. The molecule has 0 saturated carbocycles.